The van der Waals surface area contributed by atoms with Gasteiger partial charge in [-0.1, -0.05) is 24.3 Å². The van der Waals surface area contributed by atoms with E-state index in [0.29, 0.717) is 11.3 Å². The number of ether oxygens (including phenoxy) is 1. The molecule has 21 heavy (non-hydrogen) atoms. The van der Waals surface area contributed by atoms with E-state index in [2.05, 4.69) is 5.43 Å². The Morgan fingerprint density at radius 3 is 2.38 bits per heavy atom. The average molecular weight is 292 g/mol. The Hall–Kier alpha value is -1.98. The Morgan fingerprint density at radius 2 is 1.76 bits per heavy atom. The predicted molar refractivity (Wildman–Crippen MR) is 77.7 cm³/mol. The molecule has 0 aliphatic rings. The summed E-state index contributed by atoms with van der Waals surface area (Å²) < 4.78 is 32.8. The van der Waals surface area contributed by atoms with Gasteiger partial charge in [-0.05, 0) is 26.0 Å². The van der Waals surface area contributed by atoms with Crippen LogP contribution in [0.2, 0.25) is 0 Å². The van der Waals surface area contributed by atoms with Crippen LogP contribution in [-0.4, -0.2) is 6.10 Å². The minimum atomic E-state index is -0.655. The van der Waals surface area contributed by atoms with Crippen LogP contribution in [0.4, 0.5) is 8.78 Å². The van der Waals surface area contributed by atoms with Crippen LogP contribution in [0.15, 0.2) is 42.5 Å². The lowest BCUT2D eigenvalue weighted by atomic mass is 9.98. The molecule has 3 N–H and O–H groups in total. The third kappa shape index (κ3) is 3.56. The van der Waals surface area contributed by atoms with Gasteiger partial charge in [0.05, 0.1) is 12.1 Å². The number of hydrogen-bond acceptors (Lipinski definition) is 3. The number of halogens is 2. The summed E-state index contributed by atoms with van der Waals surface area (Å²) in [5.41, 5.74) is 3.52. The van der Waals surface area contributed by atoms with E-state index in [1.165, 1.54) is 12.1 Å². The van der Waals surface area contributed by atoms with E-state index >= 15 is 0 Å². The minimum absolute atomic E-state index is 0.0253. The molecule has 0 aliphatic carbocycles. The molecule has 112 valence electrons. The van der Waals surface area contributed by atoms with Gasteiger partial charge in [0, 0.05) is 17.2 Å². The summed E-state index contributed by atoms with van der Waals surface area (Å²) >= 11 is 0. The molecule has 0 fully saturated rings. The maximum absolute atomic E-state index is 14.0. The lowest BCUT2D eigenvalue weighted by Crippen LogP contribution is -2.30. The molecule has 0 aliphatic heterocycles. The second-order valence-electron chi connectivity index (χ2n) is 4.97. The Kier molecular flexibility index (Phi) is 4.88. The van der Waals surface area contributed by atoms with E-state index in [4.69, 9.17) is 10.6 Å². The first-order chi connectivity index (χ1) is 10.0. The largest absolute Gasteiger partial charge is 0.491 e. The normalized spacial score (nSPS) is 12.5. The molecular formula is C16H18F2N2O. The first-order valence-corrected chi connectivity index (χ1v) is 6.69. The molecule has 0 spiro atoms. The van der Waals surface area contributed by atoms with Gasteiger partial charge in [0.2, 0.25) is 0 Å². The van der Waals surface area contributed by atoms with E-state index < -0.39 is 17.7 Å². The van der Waals surface area contributed by atoms with Crippen LogP contribution in [0.5, 0.6) is 5.75 Å². The summed E-state index contributed by atoms with van der Waals surface area (Å²) in [6, 6.07) is 10.0. The SMILES string of the molecule is CC(C)Oc1ccccc1C(NN)c1ccc(F)cc1F. The highest BCUT2D eigenvalue weighted by molar-refractivity contribution is 5.42. The van der Waals surface area contributed by atoms with Crippen LogP contribution < -0.4 is 16.0 Å². The highest BCUT2D eigenvalue weighted by Crippen LogP contribution is 2.31. The van der Waals surface area contributed by atoms with Crippen LogP contribution in [0.3, 0.4) is 0 Å². The molecule has 2 aromatic carbocycles. The number of nitrogens with two attached hydrogens (primary N) is 1. The summed E-state index contributed by atoms with van der Waals surface area (Å²) in [4.78, 5) is 0. The molecular weight excluding hydrogens is 274 g/mol. The summed E-state index contributed by atoms with van der Waals surface area (Å²) in [5, 5.41) is 0. The molecule has 1 atom stereocenters. The van der Waals surface area contributed by atoms with Gasteiger partial charge >= 0.3 is 0 Å². The van der Waals surface area contributed by atoms with Crippen molar-refractivity contribution < 1.29 is 13.5 Å². The average Bonchev–Trinajstić information content (AvgIpc) is 2.43. The predicted octanol–water partition coefficient (Wildman–Crippen LogP) is 3.30. The quantitative estimate of drug-likeness (QED) is 0.656. The maximum atomic E-state index is 14.0. The monoisotopic (exact) mass is 292 g/mol. The summed E-state index contributed by atoms with van der Waals surface area (Å²) in [5.74, 6) is 4.91. The fourth-order valence-corrected chi connectivity index (χ4v) is 2.16. The molecule has 0 saturated heterocycles. The molecule has 3 nitrogen and oxygen atoms in total. The van der Waals surface area contributed by atoms with Crippen molar-refractivity contribution in [2.75, 3.05) is 0 Å². The van der Waals surface area contributed by atoms with Gasteiger partial charge in [0.25, 0.3) is 0 Å². The maximum Gasteiger partial charge on any atom is 0.131 e. The standard InChI is InChI=1S/C16H18F2N2O/c1-10(2)21-15-6-4-3-5-13(15)16(20-19)12-8-7-11(17)9-14(12)18/h3-10,16,20H,19H2,1-2H3. The zero-order valence-electron chi connectivity index (χ0n) is 11.9. The van der Waals surface area contributed by atoms with Gasteiger partial charge in [-0.25, -0.2) is 14.2 Å². The third-order valence-corrected chi connectivity index (χ3v) is 3.03. The Morgan fingerprint density at radius 1 is 1.05 bits per heavy atom. The van der Waals surface area contributed by atoms with Gasteiger partial charge < -0.3 is 4.74 Å². The first kappa shape index (κ1) is 15.4. The molecule has 0 heterocycles. The van der Waals surface area contributed by atoms with Crippen molar-refractivity contribution in [2.45, 2.75) is 26.0 Å². The molecule has 0 saturated carbocycles. The van der Waals surface area contributed by atoms with Gasteiger partial charge in [-0.2, -0.15) is 0 Å². The third-order valence-electron chi connectivity index (χ3n) is 3.03. The number of hydrogen-bond donors (Lipinski definition) is 2. The second kappa shape index (κ2) is 6.65. The van der Waals surface area contributed by atoms with E-state index in [-0.39, 0.29) is 11.7 Å². The van der Waals surface area contributed by atoms with E-state index in [1.54, 1.807) is 12.1 Å². The molecule has 0 aromatic heterocycles. The van der Waals surface area contributed by atoms with Crippen LogP contribution >= 0.6 is 0 Å². The second-order valence-corrected chi connectivity index (χ2v) is 4.97. The molecule has 0 bridgehead atoms. The van der Waals surface area contributed by atoms with Gasteiger partial charge in [-0.15, -0.1) is 0 Å². The van der Waals surface area contributed by atoms with Gasteiger partial charge in [0.1, 0.15) is 17.4 Å². The summed E-state index contributed by atoms with van der Waals surface area (Å²) in [6.45, 7) is 3.81. The Balaban J connectivity index is 2.46. The van der Waals surface area contributed by atoms with Gasteiger partial charge in [-0.3, -0.25) is 5.84 Å². The van der Waals surface area contributed by atoms with E-state index in [1.807, 2.05) is 26.0 Å². The molecule has 2 aromatic rings. The number of benzene rings is 2. The van der Waals surface area contributed by atoms with Crippen LogP contribution in [0.25, 0.3) is 0 Å². The number of rotatable bonds is 5. The highest BCUT2D eigenvalue weighted by atomic mass is 19.1. The zero-order valence-corrected chi connectivity index (χ0v) is 11.9. The van der Waals surface area contributed by atoms with Crippen molar-refractivity contribution in [3.8, 4) is 5.75 Å². The van der Waals surface area contributed by atoms with Crippen molar-refractivity contribution in [1.29, 1.82) is 0 Å². The first-order valence-electron chi connectivity index (χ1n) is 6.69. The number of para-hydroxylation sites is 1. The lowest BCUT2D eigenvalue weighted by Gasteiger charge is -2.22. The Bertz CT molecular complexity index is 617. The number of nitrogens with one attached hydrogen (secondary N) is 1. The van der Waals surface area contributed by atoms with Crippen molar-refractivity contribution in [3.63, 3.8) is 0 Å². The smallest absolute Gasteiger partial charge is 0.131 e. The highest BCUT2D eigenvalue weighted by Gasteiger charge is 2.21. The van der Waals surface area contributed by atoms with Crippen LogP contribution in [-0.2, 0) is 0 Å². The van der Waals surface area contributed by atoms with Crippen molar-refractivity contribution in [3.05, 3.63) is 65.2 Å². The molecule has 2 rings (SSSR count). The molecule has 0 amide bonds. The van der Waals surface area contributed by atoms with Crippen molar-refractivity contribution in [2.24, 2.45) is 5.84 Å². The lowest BCUT2D eigenvalue weighted by molar-refractivity contribution is 0.238. The van der Waals surface area contributed by atoms with Gasteiger partial charge in [0.15, 0.2) is 0 Å². The summed E-state index contributed by atoms with van der Waals surface area (Å²) in [7, 11) is 0. The minimum Gasteiger partial charge on any atom is -0.491 e. The fraction of sp³-hybridized carbons (Fsp3) is 0.250. The Labute approximate surface area is 122 Å². The number of hydrazine groups is 1. The molecule has 5 heteroatoms. The fourth-order valence-electron chi connectivity index (χ4n) is 2.16. The van der Waals surface area contributed by atoms with Crippen LogP contribution in [0.1, 0.15) is 31.0 Å². The zero-order chi connectivity index (χ0) is 15.4. The van der Waals surface area contributed by atoms with Crippen LogP contribution in [0, 0.1) is 11.6 Å². The van der Waals surface area contributed by atoms with E-state index in [0.717, 1.165) is 6.07 Å². The molecule has 0 radical (unpaired) electrons. The van der Waals surface area contributed by atoms with Crippen molar-refractivity contribution >= 4 is 0 Å². The summed E-state index contributed by atoms with van der Waals surface area (Å²) in [6.07, 6.45) is -0.0253. The van der Waals surface area contributed by atoms with E-state index in [9.17, 15) is 8.78 Å². The molecule has 1 unspecified atom stereocenters. The topological polar surface area (TPSA) is 47.3 Å². The van der Waals surface area contributed by atoms with Crippen molar-refractivity contribution in [1.82, 2.24) is 5.43 Å².